The van der Waals surface area contributed by atoms with E-state index in [4.69, 9.17) is 5.84 Å². The van der Waals surface area contributed by atoms with Gasteiger partial charge >= 0.3 is 6.03 Å². The summed E-state index contributed by atoms with van der Waals surface area (Å²) in [6.45, 7) is 0.709. The minimum absolute atomic E-state index is 0.300. The number of urea groups is 1. The van der Waals surface area contributed by atoms with Gasteiger partial charge in [-0.15, -0.1) is 0 Å². The van der Waals surface area contributed by atoms with Crippen molar-refractivity contribution in [3.63, 3.8) is 0 Å². The maximum atomic E-state index is 10.7. The highest BCUT2D eigenvalue weighted by atomic mass is 32.2. The zero-order valence-electron chi connectivity index (χ0n) is 6.71. The molecule has 0 aromatic heterocycles. The molecule has 0 spiro atoms. The lowest BCUT2D eigenvalue weighted by molar-refractivity contribution is 0.241. The summed E-state index contributed by atoms with van der Waals surface area (Å²) in [5.41, 5.74) is 2.04. The normalized spacial score (nSPS) is 23.2. The Hall–Kier alpha value is -0.0700. The molecule has 1 atom stereocenters. The monoisotopic (exact) mass is 207 g/mol. The van der Waals surface area contributed by atoms with Gasteiger partial charge < -0.3 is 5.32 Å². The number of thioether (sulfide) groups is 2. The average molecular weight is 207 g/mol. The number of nitrogens with one attached hydrogen (secondary N) is 2. The molecule has 4 N–H and O–H groups in total. The standard InChI is InChI=1S/C6H13N3OS2/c7-9-6(10)8-3-5-4-11-1-2-12-5/h5H,1-4,7H2,(H2,8,9,10). The quantitative estimate of drug-likeness (QED) is 0.339. The third kappa shape index (κ3) is 3.55. The molecule has 4 nitrogen and oxygen atoms in total. The van der Waals surface area contributed by atoms with Gasteiger partial charge in [-0.25, -0.2) is 10.6 Å². The van der Waals surface area contributed by atoms with Crippen LogP contribution in [0.4, 0.5) is 4.79 Å². The summed E-state index contributed by atoms with van der Waals surface area (Å²) in [6.07, 6.45) is 0. The predicted molar refractivity (Wildman–Crippen MR) is 54.3 cm³/mol. The molecule has 1 saturated heterocycles. The lowest BCUT2D eigenvalue weighted by Crippen LogP contribution is -2.43. The molecular formula is C6H13N3OS2. The van der Waals surface area contributed by atoms with Crippen molar-refractivity contribution in [2.24, 2.45) is 5.84 Å². The van der Waals surface area contributed by atoms with Crippen LogP contribution in [0.25, 0.3) is 0 Å². The molecule has 2 amide bonds. The van der Waals surface area contributed by atoms with Crippen LogP contribution < -0.4 is 16.6 Å². The van der Waals surface area contributed by atoms with Gasteiger partial charge in [-0.05, 0) is 0 Å². The number of nitrogens with two attached hydrogens (primary N) is 1. The van der Waals surface area contributed by atoms with Crippen LogP contribution >= 0.6 is 23.5 Å². The van der Waals surface area contributed by atoms with Gasteiger partial charge in [0.1, 0.15) is 0 Å². The maximum absolute atomic E-state index is 10.7. The molecule has 1 unspecified atom stereocenters. The molecular weight excluding hydrogens is 194 g/mol. The summed E-state index contributed by atoms with van der Waals surface area (Å²) in [6, 6.07) is -0.300. The van der Waals surface area contributed by atoms with Crippen molar-refractivity contribution in [1.82, 2.24) is 10.7 Å². The number of hydrogen-bond donors (Lipinski definition) is 3. The Morgan fingerprint density at radius 1 is 1.58 bits per heavy atom. The third-order valence-electron chi connectivity index (χ3n) is 1.51. The number of carbonyl (C=O) groups is 1. The SMILES string of the molecule is NNC(=O)NCC1CSCCS1. The number of carbonyl (C=O) groups excluding carboxylic acids is 1. The predicted octanol–water partition coefficient (Wildman–Crippen LogP) is 0.00790. The van der Waals surface area contributed by atoms with Crippen LogP contribution in [0, 0.1) is 0 Å². The molecule has 1 heterocycles. The van der Waals surface area contributed by atoms with E-state index in [9.17, 15) is 4.79 Å². The van der Waals surface area contributed by atoms with Gasteiger partial charge in [0.05, 0.1) is 0 Å². The van der Waals surface area contributed by atoms with E-state index < -0.39 is 0 Å². The second kappa shape index (κ2) is 5.55. The maximum Gasteiger partial charge on any atom is 0.328 e. The van der Waals surface area contributed by atoms with Crippen molar-refractivity contribution in [3.05, 3.63) is 0 Å². The van der Waals surface area contributed by atoms with Gasteiger partial charge in [-0.2, -0.15) is 23.5 Å². The largest absolute Gasteiger partial charge is 0.336 e. The van der Waals surface area contributed by atoms with E-state index in [2.05, 4.69) is 5.32 Å². The van der Waals surface area contributed by atoms with E-state index in [1.807, 2.05) is 28.9 Å². The molecule has 12 heavy (non-hydrogen) atoms. The van der Waals surface area contributed by atoms with Crippen molar-refractivity contribution < 1.29 is 4.79 Å². The van der Waals surface area contributed by atoms with Gasteiger partial charge in [-0.1, -0.05) is 0 Å². The van der Waals surface area contributed by atoms with Crippen LogP contribution in [0.3, 0.4) is 0 Å². The van der Waals surface area contributed by atoms with Crippen LogP contribution in [-0.2, 0) is 0 Å². The molecule has 0 aliphatic carbocycles. The van der Waals surface area contributed by atoms with Crippen LogP contribution in [0.1, 0.15) is 0 Å². The minimum Gasteiger partial charge on any atom is -0.336 e. The summed E-state index contributed by atoms with van der Waals surface area (Å²) >= 11 is 3.85. The first-order valence-electron chi connectivity index (χ1n) is 3.76. The molecule has 1 fully saturated rings. The molecule has 1 aliphatic rings. The molecule has 0 saturated carbocycles. The Kier molecular flexibility index (Phi) is 4.63. The number of hydrazine groups is 1. The van der Waals surface area contributed by atoms with Crippen molar-refractivity contribution >= 4 is 29.6 Å². The molecule has 70 valence electrons. The van der Waals surface area contributed by atoms with Crippen LogP contribution in [-0.4, -0.2) is 35.1 Å². The molecule has 0 bridgehead atoms. The number of hydrogen-bond acceptors (Lipinski definition) is 4. The summed E-state index contributed by atoms with van der Waals surface area (Å²) in [5, 5.41) is 3.24. The van der Waals surface area contributed by atoms with Crippen molar-refractivity contribution in [1.29, 1.82) is 0 Å². The Bertz CT molecular complexity index is 150. The van der Waals surface area contributed by atoms with Gasteiger partial charge in [0.2, 0.25) is 0 Å². The van der Waals surface area contributed by atoms with Crippen molar-refractivity contribution in [2.75, 3.05) is 23.8 Å². The highest BCUT2D eigenvalue weighted by Crippen LogP contribution is 2.22. The van der Waals surface area contributed by atoms with Gasteiger partial charge in [-0.3, -0.25) is 5.43 Å². The van der Waals surface area contributed by atoms with Crippen molar-refractivity contribution in [3.8, 4) is 0 Å². The van der Waals surface area contributed by atoms with Gasteiger partial charge in [0.15, 0.2) is 0 Å². The summed E-state index contributed by atoms with van der Waals surface area (Å²) in [7, 11) is 0. The number of rotatable bonds is 2. The fourth-order valence-corrected chi connectivity index (χ4v) is 3.52. The van der Waals surface area contributed by atoms with Gasteiger partial charge in [0, 0.05) is 29.1 Å². The minimum atomic E-state index is -0.300. The Labute approximate surface area is 80.4 Å². The summed E-state index contributed by atoms with van der Waals surface area (Å²) in [5.74, 6) is 8.44. The van der Waals surface area contributed by atoms with E-state index in [1.165, 1.54) is 11.5 Å². The number of amides is 2. The Balaban J connectivity index is 2.09. The highest BCUT2D eigenvalue weighted by molar-refractivity contribution is 8.06. The van der Waals surface area contributed by atoms with Crippen molar-refractivity contribution in [2.45, 2.75) is 5.25 Å². The first-order valence-corrected chi connectivity index (χ1v) is 5.97. The van der Waals surface area contributed by atoms with Crippen LogP contribution in [0.15, 0.2) is 0 Å². The first kappa shape index (κ1) is 10.0. The zero-order chi connectivity index (χ0) is 8.81. The molecule has 1 aliphatic heterocycles. The molecule has 6 heteroatoms. The lowest BCUT2D eigenvalue weighted by Gasteiger charge is -2.20. The molecule has 0 radical (unpaired) electrons. The third-order valence-corrected chi connectivity index (χ3v) is 4.35. The highest BCUT2D eigenvalue weighted by Gasteiger charge is 2.14. The summed E-state index contributed by atoms with van der Waals surface area (Å²) < 4.78 is 0. The van der Waals surface area contributed by atoms with E-state index in [0.717, 1.165) is 5.75 Å². The fourth-order valence-electron chi connectivity index (χ4n) is 0.912. The van der Waals surface area contributed by atoms with E-state index in [0.29, 0.717) is 11.8 Å². The lowest BCUT2D eigenvalue weighted by atomic mass is 10.5. The molecule has 0 aromatic carbocycles. The van der Waals surface area contributed by atoms with Gasteiger partial charge in [0.25, 0.3) is 0 Å². The molecule has 0 aromatic rings. The smallest absolute Gasteiger partial charge is 0.328 e. The van der Waals surface area contributed by atoms with Crippen LogP contribution in [0.5, 0.6) is 0 Å². The second-order valence-corrected chi connectivity index (χ2v) is 4.98. The zero-order valence-corrected chi connectivity index (χ0v) is 8.34. The average Bonchev–Trinajstić information content (AvgIpc) is 2.16. The first-order chi connectivity index (χ1) is 5.83. The topological polar surface area (TPSA) is 67.1 Å². The summed E-state index contributed by atoms with van der Waals surface area (Å²) in [4.78, 5) is 10.7. The fraction of sp³-hybridized carbons (Fsp3) is 0.833. The van der Waals surface area contributed by atoms with E-state index in [-0.39, 0.29) is 6.03 Å². The van der Waals surface area contributed by atoms with E-state index in [1.54, 1.807) is 0 Å². The molecule has 1 rings (SSSR count). The second-order valence-electron chi connectivity index (χ2n) is 2.42. The van der Waals surface area contributed by atoms with E-state index >= 15 is 0 Å². The van der Waals surface area contributed by atoms with Crippen LogP contribution in [0.2, 0.25) is 0 Å². The Morgan fingerprint density at radius 2 is 2.42 bits per heavy atom. The Morgan fingerprint density at radius 3 is 3.00 bits per heavy atom.